The maximum absolute atomic E-state index is 12.7. The molecule has 1 aliphatic rings. The van der Waals surface area contributed by atoms with Gasteiger partial charge in [0.25, 0.3) is 5.91 Å². The Morgan fingerprint density at radius 1 is 1.12 bits per heavy atom. The van der Waals surface area contributed by atoms with Crippen LogP contribution in [0.25, 0.3) is 0 Å². The molecule has 2 aromatic carbocycles. The highest BCUT2D eigenvalue weighted by molar-refractivity contribution is 7.92. The summed E-state index contributed by atoms with van der Waals surface area (Å²) in [6.45, 7) is 8.13. The second-order valence-corrected chi connectivity index (χ2v) is 11.0. The van der Waals surface area contributed by atoms with Gasteiger partial charge in [0, 0.05) is 25.8 Å². The molecule has 0 aliphatic carbocycles. The van der Waals surface area contributed by atoms with E-state index in [0.717, 1.165) is 30.8 Å². The van der Waals surface area contributed by atoms with E-state index in [9.17, 15) is 13.2 Å². The van der Waals surface area contributed by atoms with Crippen LogP contribution in [0.3, 0.4) is 0 Å². The van der Waals surface area contributed by atoms with E-state index >= 15 is 0 Å². The van der Waals surface area contributed by atoms with Gasteiger partial charge >= 0.3 is 0 Å². The number of rotatable bonds is 8. The molecule has 1 amide bonds. The number of benzene rings is 2. The smallest absolute Gasteiger partial charge is 0.261 e. The number of anilines is 2. The number of hydrogen-bond acceptors (Lipinski definition) is 5. The zero-order valence-electron chi connectivity index (χ0n) is 20.1. The van der Waals surface area contributed by atoms with E-state index in [2.05, 4.69) is 41.4 Å². The molecular weight excluding hydrogens is 438 g/mol. The quantitative estimate of drug-likeness (QED) is 0.628. The number of nitrogens with one attached hydrogen (secondary N) is 1. The Labute approximate surface area is 197 Å². The average molecular weight is 474 g/mol. The molecule has 33 heavy (non-hydrogen) atoms. The van der Waals surface area contributed by atoms with E-state index in [1.807, 2.05) is 6.92 Å². The SMILES string of the molecule is C[C@@H]1CCCN(c2ccc([C@@H](C)NC(=O)[C@@H](C)Oc3ccc(N(C)S(C)(=O)=O)cc3)cc2)C1. The molecule has 3 atom stereocenters. The third kappa shape index (κ3) is 6.63. The number of amides is 1. The normalized spacial score (nSPS) is 18.3. The predicted octanol–water partition coefficient (Wildman–Crippen LogP) is 3.96. The van der Waals surface area contributed by atoms with E-state index in [1.54, 1.807) is 31.2 Å². The Morgan fingerprint density at radius 2 is 1.76 bits per heavy atom. The zero-order valence-corrected chi connectivity index (χ0v) is 20.9. The van der Waals surface area contributed by atoms with Crippen LogP contribution < -0.4 is 19.3 Å². The Kier molecular flexibility index (Phi) is 7.89. The molecule has 0 unspecified atom stereocenters. The molecule has 0 spiro atoms. The van der Waals surface area contributed by atoms with Gasteiger partial charge in [0.2, 0.25) is 10.0 Å². The molecule has 1 aliphatic heterocycles. The molecule has 0 saturated carbocycles. The Bertz CT molecular complexity index is 1040. The van der Waals surface area contributed by atoms with Crippen molar-refractivity contribution in [3.63, 3.8) is 0 Å². The van der Waals surface area contributed by atoms with Crippen LogP contribution in [0.2, 0.25) is 0 Å². The fraction of sp³-hybridized carbons (Fsp3) is 0.480. The van der Waals surface area contributed by atoms with Crippen LogP contribution in [-0.2, 0) is 14.8 Å². The van der Waals surface area contributed by atoms with Crippen LogP contribution in [0.15, 0.2) is 48.5 Å². The summed E-state index contributed by atoms with van der Waals surface area (Å²) < 4.78 is 30.3. The maximum atomic E-state index is 12.7. The second-order valence-electron chi connectivity index (χ2n) is 9.00. The van der Waals surface area contributed by atoms with Crippen molar-refractivity contribution in [1.29, 1.82) is 0 Å². The molecule has 3 rings (SSSR count). The van der Waals surface area contributed by atoms with E-state index < -0.39 is 16.1 Å². The minimum Gasteiger partial charge on any atom is -0.481 e. The van der Waals surface area contributed by atoms with E-state index in [1.165, 1.54) is 29.9 Å². The first-order valence-corrected chi connectivity index (χ1v) is 13.3. The first kappa shape index (κ1) is 24.9. The molecule has 1 saturated heterocycles. The van der Waals surface area contributed by atoms with Crippen LogP contribution in [0.1, 0.15) is 45.2 Å². The van der Waals surface area contributed by atoms with Gasteiger partial charge in [-0.1, -0.05) is 19.1 Å². The lowest BCUT2D eigenvalue weighted by atomic mass is 9.99. The predicted molar refractivity (Wildman–Crippen MR) is 133 cm³/mol. The minimum atomic E-state index is -3.33. The minimum absolute atomic E-state index is 0.149. The van der Waals surface area contributed by atoms with Crippen molar-refractivity contribution in [2.24, 2.45) is 5.92 Å². The van der Waals surface area contributed by atoms with Crippen molar-refractivity contribution >= 4 is 27.3 Å². The van der Waals surface area contributed by atoms with Gasteiger partial charge in [0.15, 0.2) is 6.10 Å². The van der Waals surface area contributed by atoms with Crippen LogP contribution in [0.4, 0.5) is 11.4 Å². The molecule has 7 nitrogen and oxygen atoms in total. The van der Waals surface area contributed by atoms with E-state index in [4.69, 9.17) is 4.74 Å². The zero-order chi connectivity index (χ0) is 24.2. The number of nitrogens with zero attached hydrogens (tertiary/aromatic N) is 2. The van der Waals surface area contributed by atoms with Crippen molar-refractivity contribution in [2.75, 3.05) is 35.6 Å². The van der Waals surface area contributed by atoms with E-state index in [-0.39, 0.29) is 11.9 Å². The molecular formula is C25H35N3O4S. The van der Waals surface area contributed by atoms with Crippen molar-refractivity contribution in [3.05, 3.63) is 54.1 Å². The molecule has 8 heteroatoms. The molecule has 1 fully saturated rings. The van der Waals surface area contributed by atoms with Crippen molar-refractivity contribution < 1.29 is 17.9 Å². The third-order valence-electron chi connectivity index (χ3n) is 6.15. The number of carbonyl (C=O) groups excluding carboxylic acids is 1. The monoisotopic (exact) mass is 473 g/mol. The summed E-state index contributed by atoms with van der Waals surface area (Å²) in [5.41, 5.74) is 2.79. The first-order valence-electron chi connectivity index (χ1n) is 11.4. The van der Waals surface area contributed by atoms with Crippen molar-refractivity contribution in [2.45, 2.75) is 45.8 Å². The summed E-state index contributed by atoms with van der Waals surface area (Å²) >= 11 is 0. The Balaban J connectivity index is 1.54. The summed E-state index contributed by atoms with van der Waals surface area (Å²) in [7, 11) is -1.84. The molecule has 0 aromatic heterocycles. The molecule has 1 heterocycles. The lowest BCUT2D eigenvalue weighted by Crippen LogP contribution is -2.37. The van der Waals surface area contributed by atoms with Crippen LogP contribution in [-0.4, -0.2) is 46.8 Å². The highest BCUT2D eigenvalue weighted by Crippen LogP contribution is 2.25. The van der Waals surface area contributed by atoms with Crippen LogP contribution in [0.5, 0.6) is 5.75 Å². The van der Waals surface area contributed by atoms with Gasteiger partial charge in [0.1, 0.15) is 5.75 Å². The lowest BCUT2D eigenvalue weighted by molar-refractivity contribution is -0.127. The summed E-state index contributed by atoms with van der Waals surface area (Å²) in [5.74, 6) is 1.000. The van der Waals surface area contributed by atoms with Crippen LogP contribution in [0, 0.1) is 5.92 Å². The molecule has 180 valence electrons. The highest BCUT2D eigenvalue weighted by Gasteiger charge is 2.20. The van der Waals surface area contributed by atoms with Gasteiger partial charge in [-0.2, -0.15) is 0 Å². The third-order valence-corrected chi connectivity index (χ3v) is 7.36. The Morgan fingerprint density at radius 3 is 2.33 bits per heavy atom. The van der Waals surface area contributed by atoms with Gasteiger partial charge in [-0.3, -0.25) is 9.10 Å². The Hall–Kier alpha value is -2.74. The molecule has 2 aromatic rings. The van der Waals surface area contributed by atoms with Crippen molar-refractivity contribution in [3.8, 4) is 5.75 Å². The van der Waals surface area contributed by atoms with Gasteiger partial charge in [0.05, 0.1) is 18.0 Å². The second kappa shape index (κ2) is 10.5. The van der Waals surface area contributed by atoms with Gasteiger partial charge in [-0.25, -0.2) is 8.42 Å². The van der Waals surface area contributed by atoms with Crippen LogP contribution >= 0.6 is 0 Å². The summed E-state index contributed by atoms with van der Waals surface area (Å²) in [5, 5.41) is 3.01. The largest absolute Gasteiger partial charge is 0.481 e. The number of sulfonamides is 1. The van der Waals surface area contributed by atoms with Gasteiger partial charge < -0.3 is 15.0 Å². The first-order chi connectivity index (χ1) is 15.5. The fourth-order valence-electron chi connectivity index (χ4n) is 4.00. The maximum Gasteiger partial charge on any atom is 0.261 e. The highest BCUT2D eigenvalue weighted by atomic mass is 32.2. The average Bonchev–Trinajstić information content (AvgIpc) is 2.78. The van der Waals surface area contributed by atoms with Crippen molar-refractivity contribution in [1.82, 2.24) is 5.32 Å². The van der Waals surface area contributed by atoms with Gasteiger partial charge in [-0.05, 0) is 74.6 Å². The summed E-state index contributed by atoms with van der Waals surface area (Å²) in [4.78, 5) is 15.1. The summed E-state index contributed by atoms with van der Waals surface area (Å²) in [6, 6.07) is 14.9. The molecule has 0 radical (unpaired) electrons. The number of ether oxygens (including phenoxy) is 1. The fourth-order valence-corrected chi connectivity index (χ4v) is 4.50. The topological polar surface area (TPSA) is 79.0 Å². The number of hydrogen-bond donors (Lipinski definition) is 1. The molecule has 1 N–H and O–H groups in total. The number of carbonyl (C=O) groups is 1. The van der Waals surface area contributed by atoms with E-state index in [0.29, 0.717) is 11.4 Å². The lowest BCUT2D eigenvalue weighted by Gasteiger charge is -2.33. The standard InChI is InChI=1S/C25H35N3O4S/c1-18-7-6-16-28(17-18)23-10-8-21(9-11-23)19(2)26-25(29)20(3)32-24-14-12-22(13-15-24)27(4)33(5,30)31/h8-15,18-20H,6-7,16-17H2,1-5H3,(H,26,29)/t18-,19-,20-/m1/s1. The summed E-state index contributed by atoms with van der Waals surface area (Å²) in [6.07, 6.45) is 2.97. The molecule has 0 bridgehead atoms. The van der Waals surface area contributed by atoms with Gasteiger partial charge in [-0.15, -0.1) is 0 Å². The number of piperidine rings is 1.